The largest absolute Gasteiger partial charge is 0.464 e. The molecule has 1 N–H and O–H groups in total. The summed E-state index contributed by atoms with van der Waals surface area (Å²) < 4.78 is 18.9. The van der Waals surface area contributed by atoms with Crippen molar-refractivity contribution < 1.29 is 13.9 Å². The Morgan fingerprint density at radius 2 is 1.86 bits per heavy atom. The van der Waals surface area contributed by atoms with E-state index in [1.165, 1.54) is 6.07 Å². The quantitative estimate of drug-likeness (QED) is 0.849. The predicted octanol–water partition coefficient (Wildman–Crippen LogP) is 3.85. The molecule has 0 aliphatic heterocycles. The Bertz CT molecular complexity index is 628. The van der Waals surface area contributed by atoms with Crippen molar-refractivity contribution in [2.75, 3.05) is 11.9 Å². The fourth-order valence-electron chi connectivity index (χ4n) is 2.13. The first-order chi connectivity index (χ1) is 10.1. The molecule has 2 aromatic rings. The van der Waals surface area contributed by atoms with Crippen molar-refractivity contribution in [2.45, 2.75) is 19.9 Å². The number of anilines is 1. The lowest BCUT2D eigenvalue weighted by Gasteiger charge is -2.20. The second-order valence-electron chi connectivity index (χ2n) is 4.67. The van der Waals surface area contributed by atoms with Gasteiger partial charge < -0.3 is 10.1 Å². The number of hydrogen-bond donors (Lipinski definition) is 1. The van der Waals surface area contributed by atoms with Crippen LogP contribution < -0.4 is 5.32 Å². The van der Waals surface area contributed by atoms with Crippen LogP contribution in [0.1, 0.15) is 24.1 Å². The van der Waals surface area contributed by atoms with E-state index in [1.807, 2.05) is 31.2 Å². The molecule has 0 saturated carbocycles. The Balaban J connectivity index is 2.36. The van der Waals surface area contributed by atoms with Crippen molar-refractivity contribution in [1.29, 1.82) is 0 Å². The zero-order valence-electron chi connectivity index (χ0n) is 12.1. The molecule has 0 aliphatic rings. The first-order valence-corrected chi connectivity index (χ1v) is 6.86. The van der Waals surface area contributed by atoms with Gasteiger partial charge in [-0.2, -0.15) is 0 Å². The standard InChI is InChI=1S/C17H18FNO2/c1-3-21-17(20)16(13-9-5-4-8-12(13)2)19-15-11-7-6-10-14(15)18/h4-11,16,19H,3H2,1-2H3. The second-order valence-corrected chi connectivity index (χ2v) is 4.67. The molecule has 0 aliphatic carbocycles. The fourth-order valence-corrected chi connectivity index (χ4v) is 2.13. The molecular weight excluding hydrogens is 269 g/mol. The monoisotopic (exact) mass is 287 g/mol. The number of nitrogens with one attached hydrogen (secondary N) is 1. The van der Waals surface area contributed by atoms with Gasteiger partial charge in [-0.25, -0.2) is 9.18 Å². The molecule has 0 aromatic heterocycles. The highest BCUT2D eigenvalue weighted by atomic mass is 19.1. The van der Waals surface area contributed by atoms with Gasteiger partial charge in [0.05, 0.1) is 12.3 Å². The van der Waals surface area contributed by atoms with Crippen LogP contribution in [0.2, 0.25) is 0 Å². The second kappa shape index (κ2) is 6.88. The summed E-state index contributed by atoms with van der Waals surface area (Å²) in [5.41, 5.74) is 2.00. The summed E-state index contributed by atoms with van der Waals surface area (Å²) in [4.78, 5) is 12.2. The molecule has 0 radical (unpaired) electrons. The van der Waals surface area contributed by atoms with Gasteiger partial charge in [-0.15, -0.1) is 0 Å². The van der Waals surface area contributed by atoms with Gasteiger partial charge in [0, 0.05) is 0 Å². The molecule has 0 amide bonds. The highest BCUT2D eigenvalue weighted by Crippen LogP contribution is 2.25. The average molecular weight is 287 g/mol. The van der Waals surface area contributed by atoms with E-state index in [0.29, 0.717) is 0 Å². The SMILES string of the molecule is CCOC(=O)C(Nc1ccccc1F)c1ccccc1C. The third-order valence-electron chi connectivity index (χ3n) is 3.20. The summed E-state index contributed by atoms with van der Waals surface area (Å²) in [6.07, 6.45) is 0. The minimum Gasteiger partial charge on any atom is -0.464 e. The Morgan fingerprint density at radius 3 is 2.52 bits per heavy atom. The van der Waals surface area contributed by atoms with Crippen LogP contribution >= 0.6 is 0 Å². The van der Waals surface area contributed by atoms with Crippen LogP contribution in [-0.2, 0) is 9.53 Å². The van der Waals surface area contributed by atoms with E-state index in [4.69, 9.17) is 4.74 Å². The number of carbonyl (C=O) groups excluding carboxylic acids is 1. The zero-order chi connectivity index (χ0) is 15.2. The summed E-state index contributed by atoms with van der Waals surface area (Å²) in [5, 5.41) is 2.94. The number of para-hydroxylation sites is 1. The van der Waals surface area contributed by atoms with Gasteiger partial charge in [0.25, 0.3) is 0 Å². The number of aryl methyl sites for hydroxylation is 1. The topological polar surface area (TPSA) is 38.3 Å². The van der Waals surface area contributed by atoms with E-state index in [0.717, 1.165) is 11.1 Å². The van der Waals surface area contributed by atoms with E-state index in [1.54, 1.807) is 25.1 Å². The first kappa shape index (κ1) is 15.0. The lowest BCUT2D eigenvalue weighted by molar-refractivity contribution is -0.144. The molecule has 0 saturated heterocycles. The van der Waals surface area contributed by atoms with Gasteiger partial charge in [-0.05, 0) is 37.1 Å². The molecule has 110 valence electrons. The summed E-state index contributed by atoms with van der Waals surface area (Å²) in [5.74, 6) is -0.824. The average Bonchev–Trinajstić information content (AvgIpc) is 2.48. The van der Waals surface area contributed by atoms with E-state index in [9.17, 15) is 9.18 Å². The van der Waals surface area contributed by atoms with Gasteiger partial charge in [0.1, 0.15) is 5.82 Å². The van der Waals surface area contributed by atoms with Gasteiger partial charge in [0.2, 0.25) is 0 Å². The maximum Gasteiger partial charge on any atom is 0.333 e. The molecule has 1 atom stereocenters. The van der Waals surface area contributed by atoms with Crippen molar-refractivity contribution in [3.8, 4) is 0 Å². The Kier molecular flexibility index (Phi) is 4.93. The van der Waals surface area contributed by atoms with Gasteiger partial charge in [-0.3, -0.25) is 0 Å². The van der Waals surface area contributed by atoms with Crippen LogP contribution in [0.4, 0.5) is 10.1 Å². The molecule has 2 aromatic carbocycles. The number of esters is 1. The lowest BCUT2D eigenvalue weighted by atomic mass is 10.0. The minimum absolute atomic E-state index is 0.277. The Labute approximate surface area is 123 Å². The van der Waals surface area contributed by atoms with Crippen molar-refractivity contribution in [3.63, 3.8) is 0 Å². The van der Waals surface area contributed by atoms with Crippen LogP contribution in [0.5, 0.6) is 0 Å². The molecule has 2 rings (SSSR count). The number of rotatable bonds is 5. The Hall–Kier alpha value is -2.36. The predicted molar refractivity (Wildman–Crippen MR) is 80.6 cm³/mol. The van der Waals surface area contributed by atoms with E-state index in [-0.39, 0.29) is 12.3 Å². The Morgan fingerprint density at radius 1 is 1.19 bits per heavy atom. The van der Waals surface area contributed by atoms with Crippen LogP contribution in [0.3, 0.4) is 0 Å². The number of benzene rings is 2. The third-order valence-corrected chi connectivity index (χ3v) is 3.20. The van der Waals surface area contributed by atoms with Crippen molar-refractivity contribution in [3.05, 3.63) is 65.5 Å². The number of halogens is 1. The van der Waals surface area contributed by atoms with E-state index >= 15 is 0 Å². The number of hydrogen-bond acceptors (Lipinski definition) is 3. The lowest BCUT2D eigenvalue weighted by Crippen LogP contribution is -2.24. The highest BCUT2D eigenvalue weighted by Gasteiger charge is 2.24. The summed E-state index contributed by atoms with van der Waals surface area (Å²) in [7, 11) is 0. The minimum atomic E-state index is -0.733. The van der Waals surface area contributed by atoms with Crippen LogP contribution in [-0.4, -0.2) is 12.6 Å². The van der Waals surface area contributed by atoms with Crippen LogP contribution in [0, 0.1) is 12.7 Å². The molecule has 0 fully saturated rings. The number of carbonyl (C=O) groups is 1. The first-order valence-electron chi connectivity index (χ1n) is 6.86. The van der Waals surface area contributed by atoms with Crippen molar-refractivity contribution in [1.82, 2.24) is 0 Å². The maximum absolute atomic E-state index is 13.8. The van der Waals surface area contributed by atoms with Gasteiger partial charge in [0.15, 0.2) is 6.04 Å². The third kappa shape index (κ3) is 3.60. The smallest absolute Gasteiger partial charge is 0.333 e. The van der Waals surface area contributed by atoms with Crippen LogP contribution in [0.15, 0.2) is 48.5 Å². The molecule has 4 heteroatoms. The van der Waals surface area contributed by atoms with E-state index < -0.39 is 17.8 Å². The molecule has 3 nitrogen and oxygen atoms in total. The van der Waals surface area contributed by atoms with Gasteiger partial charge in [-0.1, -0.05) is 36.4 Å². The zero-order valence-corrected chi connectivity index (χ0v) is 12.1. The molecule has 0 heterocycles. The molecule has 0 spiro atoms. The van der Waals surface area contributed by atoms with Crippen molar-refractivity contribution in [2.24, 2.45) is 0 Å². The molecular formula is C17H18FNO2. The molecule has 0 bridgehead atoms. The molecule has 21 heavy (non-hydrogen) atoms. The van der Waals surface area contributed by atoms with Crippen molar-refractivity contribution >= 4 is 11.7 Å². The van der Waals surface area contributed by atoms with E-state index in [2.05, 4.69) is 5.32 Å². The summed E-state index contributed by atoms with van der Waals surface area (Å²) in [6.45, 7) is 3.93. The summed E-state index contributed by atoms with van der Waals surface area (Å²) in [6, 6.07) is 13.0. The normalized spacial score (nSPS) is 11.8. The maximum atomic E-state index is 13.8. The fraction of sp³-hybridized carbons (Fsp3) is 0.235. The highest BCUT2D eigenvalue weighted by molar-refractivity contribution is 5.81. The van der Waals surface area contributed by atoms with Crippen LogP contribution in [0.25, 0.3) is 0 Å². The molecule has 1 unspecified atom stereocenters. The summed E-state index contributed by atoms with van der Waals surface area (Å²) >= 11 is 0. The van der Waals surface area contributed by atoms with Gasteiger partial charge >= 0.3 is 5.97 Å². The number of ether oxygens (including phenoxy) is 1.